The normalized spacial score (nSPS) is 13.2. The number of carbonyl (C=O) groups is 2. The Morgan fingerprint density at radius 3 is 2.52 bits per heavy atom. The molecule has 3 N–H and O–H groups in total. The Morgan fingerprint density at radius 1 is 1.24 bits per heavy atom. The molecule has 156 valence electrons. The van der Waals surface area contributed by atoms with Gasteiger partial charge in [-0.1, -0.05) is 26.0 Å². The minimum Gasteiger partial charge on any atom is -0.480 e. The molecule has 1 heterocycles. The number of rotatable bonds is 11. The summed E-state index contributed by atoms with van der Waals surface area (Å²) >= 11 is 0. The van der Waals surface area contributed by atoms with Crippen molar-refractivity contribution >= 4 is 17.6 Å². The molecule has 0 aliphatic heterocycles. The predicted octanol–water partition coefficient (Wildman–Crippen LogP) is 1.92. The third-order valence-corrected chi connectivity index (χ3v) is 4.39. The fourth-order valence-electron chi connectivity index (χ4n) is 3.01. The Morgan fingerprint density at radius 2 is 1.93 bits per heavy atom. The second-order valence-electron chi connectivity index (χ2n) is 7.22. The standard InChI is InChI=1S/C19H24N4O6/c1-12(2)6-16(18(24)25)21-17(19(26)27)8-15-9-20-11-22(15)10-13-4-3-5-14(7-13)23(28)29/h3-5,7,9,11-12,16-17,21H,6,8,10H2,1-2H3,(H,24,25)(H,26,27). The first kappa shape index (κ1) is 22.0. The van der Waals surface area contributed by atoms with Gasteiger partial charge in [-0.3, -0.25) is 25.0 Å². The van der Waals surface area contributed by atoms with E-state index in [0.717, 1.165) is 0 Å². The molecule has 2 aromatic rings. The molecular formula is C19H24N4O6. The highest BCUT2D eigenvalue weighted by molar-refractivity contribution is 5.77. The van der Waals surface area contributed by atoms with Crippen LogP contribution in [0.25, 0.3) is 0 Å². The zero-order chi connectivity index (χ0) is 21.6. The summed E-state index contributed by atoms with van der Waals surface area (Å²) in [6.07, 6.45) is 3.33. The highest BCUT2D eigenvalue weighted by Gasteiger charge is 2.27. The van der Waals surface area contributed by atoms with Crippen molar-refractivity contribution in [3.63, 3.8) is 0 Å². The van der Waals surface area contributed by atoms with Gasteiger partial charge in [0, 0.05) is 37.0 Å². The maximum atomic E-state index is 11.7. The van der Waals surface area contributed by atoms with Crippen molar-refractivity contribution in [3.05, 3.63) is 58.2 Å². The number of benzene rings is 1. The molecule has 0 aliphatic carbocycles. The van der Waals surface area contributed by atoms with Crippen LogP contribution in [0.15, 0.2) is 36.8 Å². The predicted molar refractivity (Wildman–Crippen MR) is 104 cm³/mol. The molecule has 0 aliphatic rings. The Balaban J connectivity index is 2.17. The van der Waals surface area contributed by atoms with Crippen LogP contribution in [0.2, 0.25) is 0 Å². The van der Waals surface area contributed by atoms with E-state index >= 15 is 0 Å². The molecule has 0 amide bonds. The average molecular weight is 404 g/mol. The van der Waals surface area contributed by atoms with Crippen molar-refractivity contribution in [3.8, 4) is 0 Å². The van der Waals surface area contributed by atoms with Crippen molar-refractivity contribution in [2.24, 2.45) is 5.92 Å². The molecule has 0 radical (unpaired) electrons. The van der Waals surface area contributed by atoms with Gasteiger partial charge >= 0.3 is 11.9 Å². The van der Waals surface area contributed by atoms with Crippen molar-refractivity contribution in [1.29, 1.82) is 0 Å². The molecular weight excluding hydrogens is 380 g/mol. The van der Waals surface area contributed by atoms with E-state index in [9.17, 15) is 29.9 Å². The number of hydrogen-bond donors (Lipinski definition) is 3. The molecule has 0 saturated carbocycles. The van der Waals surface area contributed by atoms with Crippen LogP contribution in [-0.4, -0.2) is 48.7 Å². The molecule has 0 fully saturated rings. The van der Waals surface area contributed by atoms with Crippen molar-refractivity contribution in [1.82, 2.24) is 14.9 Å². The van der Waals surface area contributed by atoms with E-state index in [1.807, 2.05) is 13.8 Å². The van der Waals surface area contributed by atoms with E-state index in [4.69, 9.17) is 0 Å². The second-order valence-corrected chi connectivity index (χ2v) is 7.22. The van der Waals surface area contributed by atoms with E-state index in [1.165, 1.54) is 24.7 Å². The van der Waals surface area contributed by atoms with Gasteiger partial charge in [-0.2, -0.15) is 0 Å². The molecule has 2 atom stereocenters. The molecule has 10 nitrogen and oxygen atoms in total. The summed E-state index contributed by atoms with van der Waals surface area (Å²) in [5.74, 6) is -2.18. The van der Waals surface area contributed by atoms with Crippen LogP contribution in [0.5, 0.6) is 0 Å². The zero-order valence-corrected chi connectivity index (χ0v) is 16.2. The molecule has 0 saturated heterocycles. The van der Waals surface area contributed by atoms with Crippen molar-refractivity contribution < 1.29 is 24.7 Å². The molecule has 10 heteroatoms. The lowest BCUT2D eigenvalue weighted by Gasteiger charge is -2.22. The van der Waals surface area contributed by atoms with Crippen LogP contribution in [-0.2, 0) is 22.6 Å². The molecule has 2 rings (SSSR count). The largest absolute Gasteiger partial charge is 0.480 e. The lowest BCUT2D eigenvalue weighted by Crippen LogP contribution is -2.49. The summed E-state index contributed by atoms with van der Waals surface area (Å²) in [6.45, 7) is 4.00. The first-order valence-electron chi connectivity index (χ1n) is 9.11. The quantitative estimate of drug-likeness (QED) is 0.380. The van der Waals surface area contributed by atoms with Gasteiger partial charge in [0.25, 0.3) is 5.69 Å². The molecule has 1 aromatic carbocycles. The number of carboxylic acid groups (broad SMARTS) is 2. The summed E-state index contributed by atoms with van der Waals surface area (Å²) in [6, 6.07) is 4.05. The minimum absolute atomic E-state index is 0.0200. The number of aliphatic carboxylic acids is 2. The van der Waals surface area contributed by atoms with E-state index in [0.29, 0.717) is 17.7 Å². The number of nitro groups is 1. The lowest BCUT2D eigenvalue weighted by atomic mass is 10.0. The maximum Gasteiger partial charge on any atom is 0.321 e. The summed E-state index contributed by atoms with van der Waals surface area (Å²) in [5.41, 5.74) is 1.21. The van der Waals surface area contributed by atoms with Crippen LogP contribution >= 0.6 is 0 Å². The van der Waals surface area contributed by atoms with Crippen LogP contribution in [0.4, 0.5) is 5.69 Å². The second kappa shape index (κ2) is 9.78. The number of imidazole rings is 1. The van der Waals surface area contributed by atoms with E-state index in [2.05, 4.69) is 10.3 Å². The molecule has 0 spiro atoms. The van der Waals surface area contributed by atoms with Gasteiger partial charge in [0.1, 0.15) is 12.1 Å². The molecule has 2 unspecified atom stereocenters. The van der Waals surface area contributed by atoms with Gasteiger partial charge in [0.2, 0.25) is 0 Å². The first-order chi connectivity index (χ1) is 13.7. The number of nitro benzene ring substituents is 1. The molecule has 29 heavy (non-hydrogen) atoms. The maximum absolute atomic E-state index is 11.7. The third kappa shape index (κ3) is 6.39. The fourth-order valence-corrected chi connectivity index (χ4v) is 3.01. The van der Waals surface area contributed by atoms with Gasteiger partial charge < -0.3 is 14.8 Å². The van der Waals surface area contributed by atoms with Gasteiger partial charge in [-0.05, 0) is 17.9 Å². The fraction of sp³-hybridized carbons (Fsp3) is 0.421. The SMILES string of the molecule is CC(C)CC(NC(Cc1cncn1Cc1cccc([N+](=O)[O-])c1)C(=O)O)C(=O)O. The highest BCUT2D eigenvalue weighted by atomic mass is 16.6. The Kier molecular flexibility index (Phi) is 7.43. The van der Waals surface area contributed by atoms with E-state index in [1.54, 1.807) is 16.7 Å². The average Bonchev–Trinajstić information content (AvgIpc) is 3.06. The van der Waals surface area contributed by atoms with Crippen LogP contribution < -0.4 is 5.32 Å². The molecule has 0 bridgehead atoms. The highest BCUT2D eigenvalue weighted by Crippen LogP contribution is 2.16. The lowest BCUT2D eigenvalue weighted by molar-refractivity contribution is -0.384. The monoisotopic (exact) mass is 404 g/mol. The van der Waals surface area contributed by atoms with Gasteiger partial charge in [-0.25, -0.2) is 4.98 Å². The number of hydrogen-bond acceptors (Lipinski definition) is 6. The summed E-state index contributed by atoms with van der Waals surface area (Å²) < 4.78 is 1.69. The Labute approximate surface area is 167 Å². The van der Waals surface area contributed by atoms with Gasteiger partial charge in [0.05, 0.1) is 11.3 Å². The summed E-state index contributed by atoms with van der Waals surface area (Å²) in [5, 5.41) is 32.6. The first-order valence-corrected chi connectivity index (χ1v) is 9.11. The third-order valence-electron chi connectivity index (χ3n) is 4.39. The van der Waals surface area contributed by atoms with Crippen molar-refractivity contribution in [2.45, 2.75) is 45.3 Å². The minimum atomic E-state index is -1.16. The van der Waals surface area contributed by atoms with Gasteiger partial charge in [-0.15, -0.1) is 0 Å². The topological polar surface area (TPSA) is 148 Å². The smallest absolute Gasteiger partial charge is 0.321 e. The number of aromatic nitrogens is 2. The van der Waals surface area contributed by atoms with Crippen LogP contribution in [0.3, 0.4) is 0 Å². The zero-order valence-electron chi connectivity index (χ0n) is 16.2. The van der Waals surface area contributed by atoms with E-state index in [-0.39, 0.29) is 24.6 Å². The summed E-state index contributed by atoms with van der Waals surface area (Å²) in [7, 11) is 0. The Hall–Kier alpha value is -3.27. The van der Waals surface area contributed by atoms with Crippen LogP contribution in [0.1, 0.15) is 31.5 Å². The number of carboxylic acids is 2. The van der Waals surface area contributed by atoms with E-state index < -0.39 is 28.9 Å². The number of nitrogens with one attached hydrogen (secondary N) is 1. The number of nitrogens with zero attached hydrogens (tertiary/aromatic N) is 3. The summed E-state index contributed by atoms with van der Waals surface area (Å²) in [4.78, 5) is 37.7. The van der Waals surface area contributed by atoms with Gasteiger partial charge in [0.15, 0.2) is 0 Å². The number of non-ortho nitro benzene ring substituents is 1. The van der Waals surface area contributed by atoms with Crippen molar-refractivity contribution in [2.75, 3.05) is 0 Å². The van der Waals surface area contributed by atoms with Crippen LogP contribution in [0, 0.1) is 16.0 Å². The molecule has 1 aromatic heterocycles. The Bertz CT molecular complexity index is 879.